The Kier molecular flexibility index (Phi) is 7.30. The van der Waals surface area contributed by atoms with E-state index in [1.165, 1.54) is 42.5 Å². The molecule has 0 saturated carbocycles. The van der Waals surface area contributed by atoms with Gasteiger partial charge in [0.1, 0.15) is 21.2 Å². The Bertz CT molecular complexity index is 1990. The van der Waals surface area contributed by atoms with E-state index in [0.717, 1.165) is 30.3 Å². The summed E-state index contributed by atoms with van der Waals surface area (Å²) in [5.41, 5.74) is -0.372. The molecule has 0 aromatic heterocycles. The predicted molar refractivity (Wildman–Crippen MR) is 136 cm³/mol. The highest BCUT2D eigenvalue weighted by Crippen LogP contribution is 2.39. The molecule has 17 heteroatoms. The predicted octanol–water partition coefficient (Wildman–Crippen LogP) is 5.12. The minimum absolute atomic E-state index is 0.0115. The molecule has 0 saturated heterocycles. The van der Waals surface area contributed by atoms with Crippen molar-refractivity contribution in [3.8, 4) is 5.75 Å². The second-order valence-corrected chi connectivity index (χ2v) is 12.0. The van der Waals surface area contributed by atoms with Gasteiger partial charge in [-0.1, -0.05) is 18.2 Å². The molecule has 39 heavy (non-hydrogen) atoms. The first-order chi connectivity index (χ1) is 18.1. The van der Waals surface area contributed by atoms with E-state index in [1.807, 2.05) is 0 Å². The van der Waals surface area contributed by atoms with E-state index < -0.39 is 45.9 Å². The van der Waals surface area contributed by atoms with Gasteiger partial charge < -0.3 is 5.11 Å². The molecule has 0 spiro atoms. The molecule has 0 unspecified atom stereocenters. The fourth-order valence-corrected chi connectivity index (χ4v) is 5.20. The number of phenolic OH excluding ortho intramolecular Hbond substituents is 1. The molecule has 0 fully saturated rings. The van der Waals surface area contributed by atoms with E-state index >= 15 is 0 Å². The third-order valence-electron chi connectivity index (χ3n) is 5.15. The van der Waals surface area contributed by atoms with Crippen molar-refractivity contribution in [2.75, 3.05) is 0 Å². The summed E-state index contributed by atoms with van der Waals surface area (Å²) in [4.78, 5) is -1.49. The van der Waals surface area contributed by atoms with Crippen LogP contribution in [-0.2, 0) is 30.4 Å². The van der Waals surface area contributed by atoms with Gasteiger partial charge in [-0.15, -0.1) is 10.2 Å². The summed E-state index contributed by atoms with van der Waals surface area (Å²) in [7, 11) is -13.8. The number of rotatable bonds is 7. The molecule has 4 N–H and O–H groups in total. The zero-order valence-corrected chi connectivity index (χ0v) is 21.6. The van der Waals surface area contributed by atoms with Gasteiger partial charge in [0.05, 0.1) is 16.3 Å². The highest BCUT2D eigenvalue weighted by atomic mass is 32.2. The summed E-state index contributed by atoms with van der Waals surface area (Å²) >= 11 is 0. The quantitative estimate of drug-likeness (QED) is 0.163. The summed E-state index contributed by atoms with van der Waals surface area (Å²) in [6.07, 6.45) is 0. The van der Waals surface area contributed by atoms with Crippen LogP contribution in [-0.4, -0.2) is 44.0 Å². The van der Waals surface area contributed by atoms with Crippen LogP contribution in [0.3, 0.4) is 0 Å². The minimum atomic E-state index is -4.84. The molecule has 0 radical (unpaired) electrons. The van der Waals surface area contributed by atoms with Crippen molar-refractivity contribution >= 4 is 63.9 Å². The number of hydrogen-bond donors (Lipinski definition) is 4. The monoisotopic (exact) mass is 592 g/mol. The van der Waals surface area contributed by atoms with Crippen molar-refractivity contribution in [1.82, 2.24) is 0 Å². The number of nitrogens with zero attached hydrogens (tertiary/aromatic N) is 4. The SMILES string of the molecule is O=S(=O)(O)c1ccc(N=Nc2ccc(N=Nc3ccc4c(S(=O)(=O)O)cccc4c3O)c(S(=O)(=O)O)c2)cc1. The zero-order valence-electron chi connectivity index (χ0n) is 19.2. The Morgan fingerprint density at radius 1 is 0.513 bits per heavy atom. The highest BCUT2D eigenvalue weighted by molar-refractivity contribution is 7.86. The van der Waals surface area contributed by atoms with Crippen LogP contribution >= 0.6 is 0 Å². The van der Waals surface area contributed by atoms with Crippen LogP contribution in [0.2, 0.25) is 0 Å². The number of benzene rings is 4. The maximum absolute atomic E-state index is 12.0. The van der Waals surface area contributed by atoms with E-state index in [-0.39, 0.29) is 38.4 Å². The third kappa shape index (κ3) is 6.30. The van der Waals surface area contributed by atoms with Gasteiger partial charge in [0.15, 0.2) is 5.75 Å². The first kappa shape index (κ1) is 27.9. The van der Waals surface area contributed by atoms with Gasteiger partial charge in [-0.2, -0.15) is 35.5 Å². The van der Waals surface area contributed by atoms with Crippen molar-refractivity contribution in [2.45, 2.75) is 14.7 Å². The fourth-order valence-electron chi connectivity index (χ4n) is 3.37. The van der Waals surface area contributed by atoms with Gasteiger partial charge in [0.2, 0.25) is 0 Å². The maximum Gasteiger partial charge on any atom is 0.296 e. The lowest BCUT2D eigenvalue weighted by atomic mass is 10.1. The lowest BCUT2D eigenvalue weighted by Crippen LogP contribution is -1.98. The third-order valence-corrected chi connectivity index (χ3v) is 7.81. The van der Waals surface area contributed by atoms with Crippen LogP contribution in [0, 0.1) is 0 Å². The van der Waals surface area contributed by atoms with Gasteiger partial charge in [0, 0.05) is 10.8 Å². The molecule has 0 bridgehead atoms. The molecule has 0 amide bonds. The Morgan fingerprint density at radius 3 is 1.69 bits per heavy atom. The average molecular weight is 593 g/mol. The normalized spacial score (nSPS) is 13.0. The smallest absolute Gasteiger partial charge is 0.296 e. The first-order valence-electron chi connectivity index (χ1n) is 10.4. The molecular weight excluding hydrogens is 576 g/mol. The summed E-state index contributed by atoms with van der Waals surface area (Å²) in [5.74, 6) is -0.499. The summed E-state index contributed by atoms with van der Waals surface area (Å²) in [6, 6.07) is 14.3. The number of azo groups is 2. The largest absolute Gasteiger partial charge is 0.505 e. The molecule has 0 aliphatic carbocycles. The second-order valence-electron chi connectivity index (χ2n) is 7.76. The van der Waals surface area contributed by atoms with Crippen LogP contribution in [0.4, 0.5) is 22.7 Å². The molecule has 0 aliphatic rings. The van der Waals surface area contributed by atoms with Crippen molar-refractivity contribution in [3.63, 3.8) is 0 Å². The lowest BCUT2D eigenvalue weighted by Gasteiger charge is -2.07. The Hall–Kier alpha value is -4.13. The van der Waals surface area contributed by atoms with Crippen molar-refractivity contribution in [2.24, 2.45) is 20.5 Å². The van der Waals surface area contributed by atoms with Crippen LogP contribution < -0.4 is 0 Å². The Morgan fingerprint density at radius 2 is 1.08 bits per heavy atom. The number of fused-ring (bicyclic) bond motifs is 1. The van der Waals surface area contributed by atoms with E-state index in [2.05, 4.69) is 20.5 Å². The Balaban J connectivity index is 1.68. The van der Waals surface area contributed by atoms with Crippen LogP contribution in [0.15, 0.2) is 108 Å². The molecule has 0 atom stereocenters. The van der Waals surface area contributed by atoms with Gasteiger partial charge in [-0.25, -0.2) is 0 Å². The lowest BCUT2D eigenvalue weighted by molar-refractivity contribution is 0.480. The maximum atomic E-state index is 12.0. The van der Waals surface area contributed by atoms with Crippen LogP contribution in [0.1, 0.15) is 0 Å². The Labute approximate surface area is 221 Å². The van der Waals surface area contributed by atoms with Gasteiger partial charge in [-0.05, 0) is 54.6 Å². The molecule has 4 aromatic rings. The summed E-state index contributed by atoms with van der Waals surface area (Å²) in [6.45, 7) is 0. The van der Waals surface area contributed by atoms with Crippen LogP contribution in [0.25, 0.3) is 10.8 Å². The highest BCUT2D eigenvalue weighted by Gasteiger charge is 2.19. The number of phenols is 1. The molecule has 4 aromatic carbocycles. The van der Waals surface area contributed by atoms with E-state index in [9.17, 15) is 39.5 Å². The number of aromatic hydroxyl groups is 1. The van der Waals surface area contributed by atoms with Gasteiger partial charge in [-0.3, -0.25) is 13.7 Å². The molecule has 0 aliphatic heterocycles. The standard InChI is InChI=1S/C22H16N4O10S3/c27-22-17-2-1-3-20(38(31,32)33)16(17)9-11-19(22)26-25-18-10-6-14(12-21(18)39(34,35)36)24-23-13-4-7-15(8-5-13)37(28,29)30/h1-12,27H,(H,28,29,30)(H,31,32,33)(H,34,35,36). The summed E-state index contributed by atoms with van der Waals surface area (Å²) in [5, 5.41) is 25.9. The van der Waals surface area contributed by atoms with Gasteiger partial charge in [0.25, 0.3) is 30.4 Å². The van der Waals surface area contributed by atoms with Gasteiger partial charge >= 0.3 is 0 Å². The molecule has 14 nitrogen and oxygen atoms in total. The average Bonchev–Trinajstić information content (AvgIpc) is 2.85. The summed E-state index contributed by atoms with van der Waals surface area (Å²) < 4.78 is 97.4. The second kappa shape index (κ2) is 10.2. The van der Waals surface area contributed by atoms with Crippen molar-refractivity contribution in [3.05, 3.63) is 72.8 Å². The first-order valence-corrected chi connectivity index (χ1v) is 14.7. The molecule has 202 valence electrons. The van der Waals surface area contributed by atoms with E-state index in [0.29, 0.717) is 0 Å². The molecular formula is C22H16N4O10S3. The minimum Gasteiger partial charge on any atom is -0.505 e. The van der Waals surface area contributed by atoms with Crippen molar-refractivity contribution in [1.29, 1.82) is 0 Å². The fraction of sp³-hybridized carbons (Fsp3) is 0. The topological polar surface area (TPSA) is 233 Å². The van der Waals surface area contributed by atoms with Crippen molar-refractivity contribution < 1.29 is 44.0 Å². The molecule has 4 rings (SSSR count). The van der Waals surface area contributed by atoms with Crippen LogP contribution in [0.5, 0.6) is 5.75 Å². The van der Waals surface area contributed by atoms with E-state index in [1.54, 1.807) is 0 Å². The zero-order chi connectivity index (χ0) is 28.6. The van der Waals surface area contributed by atoms with E-state index in [4.69, 9.17) is 4.55 Å². The molecule has 0 heterocycles. The number of hydrogen-bond acceptors (Lipinski definition) is 11.